The number of ether oxygens (including phenoxy) is 1. The Morgan fingerprint density at radius 2 is 1.75 bits per heavy atom. The third kappa shape index (κ3) is 3.17. The molecule has 0 aliphatic carbocycles. The molecule has 28 heavy (non-hydrogen) atoms. The SMILES string of the molecule is COCCN1C(=O)[C@H]2[C@@H](C1=O)N(Cc1ccccc1)N[C@H]2c1ccccc1O. The molecule has 146 valence electrons. The molecule has 2 saturated heterocycles. The Labute approximate surface area is 163 Å². The molecule has 2 aromatic carbocycles. The first kappa shape index (κ1) is 18.6. The topological polar surface area (TPSA) is 82.1 Å². The number of nitrogens with one attached hydrogen (secondary N) is 1. The van der Waals surface area contributed by atoms with Gasteiger partial charge in [0, 0.05) is 19.2 Å². The van der Waals surface area contributed by atoms with Gasteiger partial charge in [-0.1, -0.05) is 48.5 Å². The normalized spacial score (nSPS) is 24.8. The van der Waals surface area contributed by atoms with Crippen molar-refractivity contribution in [2.24, 2.45) is 5.92 Å². The quantitative estimate of drug-likeness (QED) is 0.737. The molecule has 7 nitrogen and oxygen atoms in total. The lowest BCUT2D eigenvalue weighted by Crippen LogP contribution is -2.45. The Hall–Kier alpha value is -2.74. The minimum atomic E-state index is -0.617. The second-order valence-corrected chi connectivity index (χ2v) is 7.07. The number of benzene rings is 2. The van der Waals surface area contributed by atoms with Gasteiger partial charge in [0.15, 0.2) is 0 Å². The molecule has 2 fully saturated rings. The molecule has 2 aromatic rings. The van der Waals surface area contributed by atoms with E-state index in [0.717, 1.165) is 5.56 Å². The number of phenols is 1. The van der Waals surface area contributed by atoms with Gasteiger partial charge in [-0.25, -0.2) is 10.4 Å². The number of hydrogen-bond acceptors (Lipinski definition) is 6. The molecule has 2 aliphatic heterocycles. The molecule has 4 rings (SSSR count). The lowest BCUT2D eigenvalue weighted by atomic mass is 9.90. The zero-order valence-corrected chi connectivity index (χ0v) is 15.6. The molecule has 0 bridgehead atoms. The summed E-state index contributed by atoms with van der Waals surface area (Å²) in [5.74, 6) is -0.950. The van der Waals surface area contributed by atoms with Gasteiger partial charge in [-0.05, 0) is 11.6 Å². The maximum absolute atomic E-state index is 13.1. The van der Waals surface area contributed by atoms with Crippen LogP contribution in [0.5, 0.6) is 5.75 Å². The minimum Gasteiger partial charge on any atom is -0.508 e. The highest BCUT2D eigenvalue weighted by Gasteiger charge is 2.58. The van der Waals surface area contributed by atoms with E-state index in [2.05, 4.69) is 5.43 Å². The van der Waals surface area contributed by atoms with Crippen molar-refractivity contribution in [2.45, 2.75) is 18.6 Å². The summed E-state index contributed by atoms with van der Waals surface area (Å²) in [6, 6.07) is 15.6. The molecule has 0 spiro atoms. The summed E-state index contributed by atoms with van der Waals surface area (Å²) in [6.45, 7) is 1.00. The first-order chi connectivity index (χ1) is 13.6. The number of aromatic hydroxyl groups is 1. The van der Waals surface area contributed by atoms with E-state index in [1.165, 1.54) is 4.90 Å². The molecule has 0 saturated carbocycles. The third-order valence-electron chi connectivity index (χ3n) is 5.40. The maximum atomic E-state index is 13.1. The second kappa shape index (κ2) is 7.71. The molecule has 2 aliphatic rings. The molecule has 2 amide bonds. The van der Waals surface area contributed by atoms with E-state index >= 15 is 0 Å². The number of amides is 2. The summed E-state index contributed by atoms with van der Waals surface area (Å²) in [7, 11) is 1.54. The van der Waals surface area contributed by atoms with Crippen LogP contribution in [0.15, 0.2) is 54.6 Å². The predicted molar refractivity (Wildman–Crippen MR) is 102 cm³/mol. The summed E-state index contributed by atoms with van der Waals surface area (Å²) in [4.78, 5) is 27.5. The lowest BCUT2D eigenvalue weighted by molar-refractivity contribution is -0.142. The fraction of sp³-hybridized carbons (Fsp3) is 0.333. The monoisotopic (exact) mass is 381 g/mol. The van der Waals surface area contributed by atoms with Gasteiger partial charge in [0.1, 0.15) is 11.8 Å². The van der Waals surface area contributed by atoms with Crippen molar-refractivity contribution in [1.82, 2.24) is 15.3 Å². The van der Waals surface area contributed by atoms with Crippen molar-refractivity contribution >= 4 is 11.8 Å². The molecule has 7 heteroatoms. The van der Waals surface area contributed by atoms with Crippen molar-refractivity contribution in [2.75, 3.05) is 20.3 Å². The minimum absolute atomic E-state index is 0.107. The summed E-state index contributed by atoms with van der Waals surface area (Å²) in [5.41, 5.74) is 4.95. The van der Waals surface area contributed by atoms with E-state index in [4.69, 9.17) is 4.74 Å². The number of methoxy groups -OCH3 is 1. The molecule has 0 unspecified atom stereocenters. The number of likely N-dealkylation sites (tertiary alicyclic amines) is 1. The Morgan fingerprint density at radius 1 is 1.04 bits per heavy atom. The van der Waals surface area contributed by atoms with Crippen molar-refractivity contribution in [1.29, 1.82) is 0 Å². The van der Waals surface area contributed by atoms with Crippen LogP contribution in [-0.4, -0.2) is 53.1 Å². The molecule has 0 radical (unpaired) electrons. The predicted octanol–water partition coefficient (Wildman–Crippen LogP) is 1.45. The van der Waals surface area contributed by atoms with Gasteiger partial charge in [0.2, 0.25) is 11.8 Å². The largest absolute Gasteiger partial charge is 0.508 e. The Balaban J connectivity index is 1.69. The van der Waals surface area contributed by atoms with Gasteiger partial charge < -0.3 is 9.84 Å². The number of imide groups is 1. The number of hydrogen-bond donors (Lipinski definition) is 2. The van der Waals surface area contributed by atoms with Crippen molar-refractivity contribution in [3.05, 3.63) is 65.7 Å². The number of fused-ring (bicyclic) bond motifs is 1. The van der Waals surface area contributed by atoms with E-state index < -0.39 is 18.0 Å². The van der Waals surface area contributed by atoms with Crippen LogP contribution >= 0.6 is 0 Å². The summed E-state index contributed by atoms with van der Waals surface area (Å²) in [6.07, 6.45) is 0. The molecule has 2 heterocycles. The second-order valence-electron chi connectivity index (χ2n) is 7.07. The number of phenolic OH excluding ortho intramolecular Hbond substituents is 1. The number of carbonyl (C=O) groups is 2. The van der Waals surface area contributed by atoms with Crippen LogP contribution in [0.3, 0.4) is 0 Å². The third-order valence-corrected chi connectivity index (χ3v) is 5.40. The fourth-order valence-electron chi connectivity index (χ4n) is 4.07. The maximum Gasteiger partial charge on any atom is 0.248 e. The van der Waals surface area contributed by atoms with E-state index in [9.17, 15) is 14.7 Å². The molecule has 2 N–H and O–H groups in total. The van der Waals surface area contributed by atoms with Crippen LogP contribution in [0.2, 0.25) is 0 Å². The van der Waals surface area contributed by atoms with Crippen LogP contribution in [0.25, 0.3) is 0 Å². The standard InChI is InChI=1S/C21H23N3O4/c1-28-12-11-23-20(26)17-18(15-9-5-6-10-16(15)25)22-24(19(17)21(23)27)13-14-7-3-2-4-8-14/h2-10,17-19,22,25H,11-13H2,1H3/t17-,18+,19+/m1/s1. The van der Waals surface area contributed by atoms with Crippen LogP contribution in [0, 0.1) is 5.92 Å². The first-order valence-electron chi connectivity index (χ1n) is 9.30. The summed E-state index contributed by atoms with van der Waals surface area (Å²) in [5, 5.41) is 12.2. The average Bonchev–Trinajstić information content (AvgIpc) is 3.18. The summed E-state index contributed by atoms with van der Waals surface area (Å²) >= 11 is 0. The highest BCUT2D eigenvalue weighted by atomic mass is 16.5. The molecule has 0 aromatic heterocycles. The van der Waals surface area contributed by atoms with E-state index in [0.29, 0.717) is 18.7 Å². The summed E-state index contributed by atoms with van der Waals surface area (Å²) < 4.78 is 5.06. The van der Waals surface area contributed by atoms with Crippen LogP contribution < -0.4 is 5.43 Å². The molecule has 3 atom stereocenters. The number of rotatable bonds is 6. The van der Waals surface area contributed by atoms with E-state index in [1.807, 2.05) is 41.4 Å². The number of hydrazine groups is 1. The Kier molecular flexibility index (Phi) is 5.13. The highest BCUT2D eigenvalue weighted by molar-refractivity contribution is 6.08. The van der Waals surface area contributed by atoms with Crippen molar-refractivity contribution in [3.63, 3.8) is 0 Å². The van der Waals surface area contributed by atoms with Crippen molar-refractivity contribution < 1.29 is 19.4 Å². The van der Waals surface area contributed by atoms with E-state index in [-0.39, 0.29) is 24.1 Å². The number of nitrogens with zero attached hydrogens (tertiary/aromatic N) is 2. The van der Waals surface area contributed by atoms with Crippen LogP contribution in [0.1, 0.15) is 17.2 Å². The van der Waals surface area contributed by atoms with Gasteiger partial charge in [0.25, 0.3) is 0 Å². The lowest BCUT2D eigenvalue weighted by Gasteiger charge is -2.25. The van der Waals surface area contributed by atoms with Gasteiger partial charge >= 0.3 is 0 Å². The zero-order valence-electron chi connectivity index (χ0n) is 15.6. The van der Waals surface area contributed by atoms with Gasteiger partial charge in [-0.15, -0.1) is 0 Å². The smallest absolute Gasteiger partial charge is 0.248 e. The number of carbonyl (C=O) groups excluding carboxylic acids is 2. The number of para-hydroxylation sites is 1. The highest BCUT2D eigenvalue weighted by Crippen LogP contribution is 2.42. The van der Waals surface area contributed by atoms with Gasteiger partial charge in [0.05, 0.1) is 25.1 Å². The van der Waals surface area contributed by atoms with Crippen LogP contribution in [0.4, 0.5) is 0 Å². The molecular weight excluding hydrogens is 358 g/mol. The Bertz CT molecular complexity index is 873. The Morgan fingerprint density at radius 3 is 2.46 bits per heavy atom. The molecular formula is C21H23N3O4. The van der Waals surface area contributed by atoms with Crippen molar-refractivity contribution in [3.8, 4) is 5.75 Å². The van der Waals surface area contributed by atoms with Gasteiger partial charge in [-0.2, -0.15) is 0 Å². The van der Waals surface area contributed by atoms with E-state index in [1.54, 1.807) is 25.3 Å². The fourth-order valence-corrected chi connectivity index (χ4v) is 4.07. The first-order valence-corrected chi connectivity index (χ1v) is 9.30. The zero-order chi connectivity index (χ0) is 19.7. The average molecular weight is 381 g/mol. The van der Waals surface area contributed by atoms with Gasteiger partial charge in [-0.3, -0.25) is 14.5 Å². The van der Waals surface area contributed by atoms with Crippen LogP contribution in [-0.2, 0) is 20.9 Å².